The van der Waals surface area contributed by atoms with E-state index >= 15 is 0 Å². The number of benzene rings is 4. The molecule has 3 nitrogen and oxygen atoms in total. The van der Waals surface area contributed by atoms with Crippen molar-refractivity contribution in [2.45, 2.75) is 152 Å². The molecular formula is C51H59N3. The zero-order valence-corrected chi connectivity index (χ0v) is 32.5. The zero-order valence-electron chi connectivity index (χ0n) is 32.5. The lowest BCUT2D eigenvalue weighted by Gasteiger charge is -2.27. The molecule has 4 aliphatic rings. The standard InChI is InChI=1S/C51H59N3/c1-6-17-36(18-7-1)43-30-44(37-19-8-2-9-20-37)33-47(32-43)41-27-16-28-42(29-41)50-52-49(40-25-14-5-15-26-40)53-51(54-50)48-34-45(38-21-10-3-11-22-38)31-46(35-48)39-23-12-4-13-24-39/h5,14-16,25-39H,1-4,6-13,17-24H2. The molecule has 278 valence electrons. The van der Waals surface area contributed by atoms with E-state index in [1.807, 2.05) is 0 Å². The van der Waals surface area contributed by atoms with Crippen molar-refractivity contribution in [3.05, 3.63) is 113 Å². The summed E-state index contributed by atoms with van der Waals surface area (Å²) in [5.74, 6) is 4.96. The van der Waals surface area contributed by atoms with Crippen LogP contribution in [-0.4, -0.2) is 15.0 Å². The maximum atomic E-state index is 5.37. The van der Waals surface area contributed by atoms with Crippen LogP contribution in [0.25, 0.3) is 45.3 Å². The Morgan fingerprint density at radius 1 is 0.278 bits per heavy atom. The first-order chi connectivity index (χ1) is 26.7. The second-order valence-electron chi connectivity index (χ2n) is 17.4. The maximum absolute atomic E-state index is 5.37. The topological polar surface area (TPSA) is 38.7 Å². The molecule has 0 spiro atoms. The Bertz CT molecular complexity index is 1930. The van der Waals surface area contributed by atoms with Crippen LogP contribution < -0.4 is 0 Å². The summed E-state index contributed by atoms with van der Waals surface area (Å²) < 4.78 is 0. The molecular weight excluding hydrogens is 655 g/mol. The first-order valence-electron chi connectivity index (χ1n) is 22.0. The van der Waals surface area contributed by atoms with Crippen LogP contribution in [-0.2, 0) is 0 Å². The molecule has 0 atom stereocenters. The summed E-state index contributed by atoms with van der Waals surface area (Å²) in [7, 11) is 0. The van der Waals surface area contributed by atoms with Crippen LogP contribution in [0.4, 0.5) is 0 Å². The van der Waals surface area contributed by atoms with Crippen LogP contribution in [0, 0.1) is 0 Å². The smallest absolute Gasteiger partial charge is 0.164 e. The van der Waals surface area contributed by atoms with E-state index in [4.69, 9.17) is 15.0 Å². The summed E-state index contributed by atoms with van der Waals surface area (Å²) in [4.78, 5) is 15.8. The summed E-state index contributed by atoms with van der Waals surface area (Å²) in [5.41, 5.74) is 12.0. The predicted molar refractivity (Wildman–Crippen MR) is 225 cm³/mol. The minimum atomic E-state index is 0.635. The minimum absolute atomic E-state index is 0.635. The van der Waals surface area contributed by atoms with E-state index in [0.717, 1.165) is 34.2 Å². The molecule has 54 heavy (non-hydrogen) atoms. The van der Waals surface area contributed by atoms with E-state index in [1.165, 1.54) is 151 Å². The Hall–Kier alpha value is -4.11. The molecule has 0 unspecified atom stereocenters. The number of nitrogens with zero attached hydrogens (tertiary/aromatic N) is 3. The molecule has 4 saturated carbocycles. The highest BCUT2D eigenvalue weighted by molar-refractivity contribution is 5.73. The molecule has 0 saturated heterocycles. The van der Waals surface area contributed by atoms with Crippen molar-refractivity contribution in [2.75, 3.05) is 0 Å². The quantitative estimate of drug-likeness (QED) is 0.161. The fraction of sp³-hybridized carbons (Fsp3) is 0.471. The van der Waals surface area contributed by atoms with Crippen molar-refractivity contribution in [2.24, 2.45) is 0 Å². The van der Waals surface area contributed by atoms with Crippen LogP contribution in [0.2, 0.25) is 0 Å². The number of hydrogen-bond acceptors (Lipinski definition) is 3. The molecule has 4 aromatic carbocycles. The fourth-order valence-corrected chi connectivity index (χ4v) is 10.5. The second-order valence-corrected chi connectivity index (χ2v) is 17.4. The molecule has 4 aliphatic carbocycles. The monoisotopic (exact) mass is 713 g/mol. The lowest BCUT2D eigenvalue weighted by atomic mass is 9.78. The van der Waals surface area contributed by atoms with Gasteiger partial charge in [-0.05, 0) is 127 Å². The van der Waals surface area contributed by atoms with Gasteiger partial charge in [0.15, 0.2) is 17.5 Å². The van der Waals surface area contributed by atoms with Gasteiger partial charge in [0.05, 0.1) is 0 Å². The molecule has 0 amide bonds. The van der Waals surface area contributed by atoms with Gasteiger partial charge in [0, 0.05) is 16.7 Å². The number of aromatic nitrogens is 3. The molecule has 9 rings (SSSR count). The van der Waals surface area contributed by atoms with Crippen molar-refractivity contribution in [1.82, 2.24) is 15.0 Å². The van der Waals surface area contributed by atoms with E-state index < -0.39 is 0 Å². The van der Waals surface area contributed by atoms with Gasteiger partial charge >= 0.3 is 0 Å². The van der Waals surface area contributed by atoms with Gasteiger partial charge in [-0.25, -0.2) is 15.0 Å². The van der Waals surface area contributed by atoms with Crippen molar-refractivity contribution in [3.8, 4) is 45.3 Å². The number of hydrogen-bond donors (Lipinski definition) is 0. The van der Waals surface area contributed by atoms with Crippen LogP contribution in [0.15, 0.2) is 91.0 Å². The third-order valence-electron chi connectivity index (χ3n) is 13.6. The van der Waals surface area contributed by atoms with Gasteiger partial charge in [0.2, 0.25) is 0 Å². The Balaban J connectivity index is 1.14. The van der Waals surface area contributed by atoms with Gasteiger partial charge in [-0.3, -0.25) is 0 Å². The highest BCUT2D eigenvalue weighted by atomic mass is 15.0. The van der Waals surface area contributed by atoms with Crippen LogP contribution >= 0.6 is 0 Å². The molecule has 0 aliphatic heterocycles. The average Bonchev–Trinajstić information content (AvgIpc) is 3.27. The van der Waals surface area contributed by atoms with Gasteiger partial charge in [0.1, 0.15) is 0 Å². The predicted octanol–water partition coefficient (Wildman–Crippen LogP) is 14.7. The third-order valence-corrected chi connectivity index (χ3v) is 13.6. The highest BCUT2D eigenvalue weighted by Gasteiger charge is 2.24. The largest absolute Gasteiger partial charge is 0.208 e. The van der Waals surface area contributed by atoms with Crippen molar-refractivity contribution in [1.29, 1.82) is 0 Å². The lowest BCUT2D eigenvalue weighted by Crippen LogP contribution is -2.09. The van der Waals surface area contributed by atoms with E-state index in [0.29, 0.717) is 23.7 Å². The summed E-state index contributed by atoms with van der Waals surface area (Å²) in [6.45, 7) is 0. The average molecular weight is 714 g/mol. The molecule has 0 radical (unpaired) electrons. The van der Waals surface area contributed by atoms with E-state index in [2.05, 4.69) is 91.0 Å². The van der Waals surface area contributed by atoms with Crippen molar-refractivity contribution < 1.29 is 0 Å². The first-order valence-corrected chi connectivity index (χ1v) is 22.0. The second kappa shape index (κ2) is 16.7. The minimum Gasteiger partial charge on any atom is -0.208 e. The van der Waals surface area contributed by atoms with E-state index in [-0.39, 0.29) is 0 Å². The maximum Gasteiger partial charge on any atom is 0.164 e. The van der Waals surface area contributed by atoms with Gasteiger partial charge in [0.25, 0.3) is 0 Å². The zero-order chi connectivity index (χ0) is 36.1. The van der Waals surface area contributed by atoms with Crippen LogP contribution in [0.3, 0.4) is 0 Å². The van der Waals surface area contributed by atoms with Gasteiger partial charge < -0.3 is 0 Å². The Morgan fingerprint density at radius 3 is 1.07 bits per heavy atom. The van der Waals surface area contributed by atoms with Crippen molar-refractivity contribution in [3.63, 3.8) is 0 Å². The molecule has 5 aromatic rings. The molecule has 1 heterocycles. The Labute approximate surface area is 324 Å². The summed E-state index contributed by atoms with van der Waals surface area (Å²) in [6, 6.07) is 34.7. The Kier molecular flexibility index (Phi) is 11.0. The SMILES string of the molecule is c1ccc(-c2nc(-c3cccc(-c4cc(C5CCCCC5)cc(C5CCCCC5)c4)c3)nc(-c3cc(C4CCCCC4)cc(C4CCCCC4)c3)n2)cc1. The van der Waals surface area contributed by atoms with Gasteiger partial charge in [-0.15, -0.1) is 0 Å². The number of rotatable bonds is 8. The molecule has 3 heteroatoms. The van der Waals surface area contributed by atoms with Crippen LogP contribution in [0.1, 0.15) is 174 Å². The van der Waals surface area contributed by atoms with Crippen molar-refractivity contribution >= 4 is 0 Å². The van der Waals surface area contributed by atoms with Crippen LogP contribution in [0.5, 0.6) is 0 Å². The summed E-state index contributed by atoms with van der Waals surface area (Å²) in [5, 5.41) is 0. The normalized spacial score (nSPS) is 19.6. The van der Waals surface area contributed by atoms with E-state index in [1.54, 1.807) is 11.1 Å². The molecule has 1 aromatic heterocycles. The summed E-state index contributed by atoms with van der Waals surface area (Å²) in [6.07, 6.45) is 26.8. The summed E-state index contributed by atoms with van der Waals surface area (Å²) >= 11 is 0. The highest BCUT2D eigenvalue weighted by Crippen LogP contribution is 2.42. The first kappa shape index (κ1) is 35.6. The van der Waals surface area contributed by atoms with Gasteiger partial charge in [-0.1, -0.05) is 150 Å². The van der Waals surface area contributed by atoms with Gasteiger partial charge in [-0.2, -0.15) is 0 Å². The molecule has 0 N–H and O–H groups in total. The molecule has 4 fully saturated rings. The third kappa shape index (κ3) is 8.12. The van der Waals surface area contributed by atoms with E-state index in [9.17, 15) is 0 Å². The Morgan fingerprint density at radius 2 is 0.630 bits per heavy atom. The lowest BCUT2D eigenvalue weighted by molar-refractivity contribution is 0.435. The fourth-order valence-electron chi connectivity index (χ4n) is 10.5. The molecule has 0 bridgehead atoms.